The summed E-state index contributed by atoms with van der Waals surface area (Å²) in [6.07, 6.45) is 4.31. The lowest BCUT2D eigenvalue weighted by Crippen LogP contribution is -2.27. The molecule has 0 aromatic heterocycles. The summed E-state index contributed by atoms with van der Waals surface area (Å²) in [4.78, 5) is 15.8. The van der Waals surface area contributed by atoms with Gasteiger partial charge in [0.1, 0.15) is 0 Å². The summed E-state index contributed by atoms with van der Waals surface area (Å²) in [6.45, 7) is 1.14. The predicted octanol–water partition coefficient (Wildman–Crippen LogP) is 0.875. The first-order valence-electron chi connectivity index (χ1n) is 3.68. The zero-order valence-electron chi connectivity index (χ0n) is 6.40. The Labute approximate surface area is 69.5 Å². The SMILES string of the molecule is O=C(O)N1C=C2C=NCC2=CC1. The van der Waals surface area contributed by atoms with Crippen LogP contribution in [0.15, 0.2) is 28.4 Å². The minimum atomic E-state index is -0.918. The molecule has 0 bridgehead atoms. The molecule has 0 aliphatic carbocycles. The topological polar surface area (TPSA) is 52.9 Å². The van der Waals surface area contributed by atoms with Gasteiger partial charge in [-0.1, -0.05) is 6.08 Å². The van der Waals surface area contributed by atoms with E-state index in [0.29, 0.717) is 13.1 Å². The van der Waals surface area contributed by atoms with Gasteiger partial charge in [0.15, 0.2) is 0 Å². The summed E-state index contributed by atoms with van der Waals surface area (Å²) in [5, 5.41) is 8.67. The Kier molecular flexibility index (Phi) is 1.46. The molecule has 4 nitrogen and oxygen atoms in total. The fraction of sp³-hybridized carbons (Fsp3) is 0.250. The third-order valence-corrected chi connectivity index (χ3v) is 1.94. The highest BCUT2D eigenvalue weighted by molar-refractivity contribution is 5.89. The zero-order chi connectivity index (χ0) is 8.55. The standard InChI is InChI=1S/C8H8N2O2/c11-8(12)10-2-1-6-3-9-4-7(6)5-10/h1,4-5H,2-3H2,(H,11,12). The van der Waals surface area contributed by atoms with E-state index in [1.807, 2.05) is 6.08 Å². The van der Waals surface area contributed by atoms with Gasteiger partial charge >= 0.3 is 6.09 Å². The van der Waals surface area contributed by atoms with Gasteiger partial charge in [-0.15, -0.1) is 0 Å². The lowest BCUT2D eigenvalue weighted by Gasteiger charge is -2.17. The number of carboxylic acid groups (broad SMARTS) is 1. The molecule has 0 spiro atoms. The molecular formula is C8H8N2O2. The van der Waals surface area contributed by atoms with Crippen molar-refractivity contribution in [2.45, 2.75) is 0 Å². The molecule has 4 heteroatoms. The van der Waals surface area contributed by atoms with Crippen molar-refractivity contribution in [3.8, 4) is 0 Å². The van der Waals surface area contributed by atoms with Crippen molar-refractivity contribution in [3.05, 3.63) is 23.4 Å². The molecule has 2 heterocycles. The van der Waals surface area contributed by atoms with Gasteiger partial charge in [-0.05, 0) is 5.57 Å². The number of fused-ring (bicyclic) bond motifs is 1. The molecule has 0 saturated carbocycles. The summed E-state index contributed by atoms with van der Waals surface area (Å²) in [7, 11) is 0. The largest absolute Gasteiger partial charge is 0.465 e. The first kappa shape index (κ1) is 7.09. The van der Waals surface area contributed by atoms with Crippen molar-refractivity contribution in [1.82, 2.24) is 4.90 Å². The third-order valence-electron chi connectivity index (χ3n) is 1.94. The fourth-order valence-electron chi connectivity index (χ4n) is 1.28. The Bertz CT molecular complexity index is 315. The van der Waals surface area contributed by atoms with Gasteiger partial charge in [-0.3, -0.25) is 9.89 Å². The summed E-state index contributed by atoms with van der Waals surface area (Å²) < 4.78 is 0. The van der Waals surface area contributed by atoms with Crippen LogP contribution in [0, 0.1) is 0 Å². The molecular weight excluding hydrogens is 156 g/mol. The third kappa shape index (κ3) is 1.01. The van der Waals surface area contributed by atoms with Crippen molar-refractivity contribution in [1.29, 1.82) is 0 Å². The van der Waals surface area contributed by atoms with Gasteiger partial charge in [0.05, 0.1) is 6.54 Å². The van der Waals surface area contributed by atoms with Crippen LogP contribution in [0.3, 0.4) is 0 Å². The maximum atomic E-state index is 10.6. The second kappa shape index (κ2) is 2.48. The molecule has 1 amide bonds. The Morgan fingerprint density at radius 3 is 3.25 bits per heavy atom. The monoisotopic (exact) mass is 164 g/mol. The van der Waals surface area contributed by atoms with Crippen molar-refractivity contribution in [2.24, 2.45) is 4.99 Å². The van der Waals surface area contributed by atoms with Gasteiger partial charge in [0.25, 0.3) is 0 Å². The van der Waals surface area contributed by atoms with Gasteiger partial charge in [0.2, 0.25) is 0 Å². The van der Waals surface area contributed by atoms with E-state index >= 15 is 0 Å². The molecule has 12 heavy (non-hydrogen) atoms. The smallest absolute Gasteiger partial charge is 0.411 e. The highest BCUT2D eigenvalue weighted by Crippen LogP contribution is 2.19. The van der Waals surface area contributed by atoms with E-state index in [4.69, 9.17) is 5.11 Å². The van der Waals surface area contributed by atoms with E-state index in [9.17, 15) is 4.79 Å². The molecule has 1 N–H and O–H groups in total. The van der Waals surface area contributed by atoms with Crippen LogP contribution >= 0.6 is 0 Å². The number of nitrogens with zero attached hydrogens (tertiary/aromatic N) is 2. The molecule has 0 radical (unpaired) electrons. The molecule has 2 aliphatic heterocycles. The van der Waals surface area contributed by atoms with E-state index in [1.54, 1.807) is 12.4 Å². The Hall–Kier alpha value is -1.58. The minimum Gasteiger partial charge on any atom is -0.465 e. The Balaban J connectivity index is 2.26. The molecule has 0 atom stereocenters. The summed E-state index contributed by atoms with van der Waals surface area (Å²) in [5.41, 5.74) is 2.05. The number of hydrogen-bond donors (Lipinski definition) is 1. The van der Waals surface area contributed by atoms with Gasteiger partial charge < -0.3 is 5.11 Å². The van der Waals surface area contributed by atoms with Crippen LogP contribution in [-0.2, 0) is 0 Å². The molecule has 2 aliphatic rings. The number of rotatable bonds is 0. The maximum absolute atomic E-state index is 10.6. The minimum absolute atomic E-state index is 0.442. The highest BCUT2D eigenvalue weighted by Gasteiger charge is 2.18. The number of aliphatic imine (C=N–C) groups is 1. The molecule has 0 saturated heterocycles. The Morgan fingerprint density at radius 1 is 1.67 bits per heavy atom. The average Bonchev–Trinajstić information content (AvgIpc) is 2.49. The van der Waals surface area contributed by atoms with Crippen LogP contribution in [0.1, 0.15) is 0 Å². The van der Waals surface area contributed by atoms with E-state index in [-0.39, 0.29) is 0 Å². The van der Waals surface area contributed by atoms with Crippen molar-refractivity contribution in [2.75, 3.05) is 13.1 Å². The lowest BCUT2D eigenvalue weighted by atomic mass is 10.1. The fourth-order valence-corrected chi connectivity index (χ4v) is 1.28. The zero-order valence-corrected chi connectivity index (χ0v) is 6.40. The first-order valence-corrected chi connectivity index (χ1v) is 3.68. The van der Waals surface area contributed by atoms with Gasteiger partial charge in [-0.2, -0.15) is 0 Å². The van der Waals surface area contributed by atoms with Crippen molar-refractivity contribution >= 4 is 12.3 Å². The molecule has 0 aromatic carbocycles. The number of hydrogen-bond acceptors (Lipinski definition) is 2. The normalized spacial score (nSPS) is 20.2. The number of carbonyl (C=O) groups is 1. The van der Waals surface area contributed by atoms with Crippen LogP contribution in [0.4, 0.5) is 4.79 Å². The predicted molar refractivity (Wildman–Crippen MR) is 44.3 cm³/mol. The lowest BCUT2D eigenvalue weighted by molar-refractivity contribution is 0.166. The van der Waals surface area contributed by atoms with Crippen LogP contribution in [-0.4, -0.2) is 35.4 Å². The van der Waals surface area contributed by atoms with Crippen LogP contribution in [0.25, 0.3) is 0 Å². The number of amides is 1. The molecule has 0 fully saturated rings. The van der Waals surface area contributed by atoms with Crippen LogP contribution in [0.5, 0.6) is 0 Å². The summed E-state index contributed by atoms with van der Waals surface area (Å²) >= 11 is 0. The van der Waals surface area contributed by atoms with E-state index in [0.717, 1.165) is 11.1 Å². The van der Waals surface area contributed by atoms with Crippen molar-refractivity contribution < 1.29 is 9.90 Å². The summed E-state index contributed by atoms with van der Waals surface area (Å²) in [6, 6.07) is 0. The molecule has 2 rings (SSSR count). The Morgan fingerprint density at radius 2 is 2.50 bits per heavy atom. The van der Waals surface area contributed by atoms with Crippen LogP contribution in [0.2, 0.25) is 0 Å². The quantitative estimate of drug-likeness (QED) is 0.577. The molecule has 0 aromatic rings. The molecule has 62 valence electrons. The van der Waals surface area contributed by atoms with Crippen LogP contribution < -0.4 is 0 Å². The maximum Gasteiger partial charge on any atom is 0.411 e. The van der Waals surface area contributed by atoms with Gasteiger partial charge in [-0.25, -0.2) is 4.79 Å². The average molecular weight is 164 g/mol. The van der Waals surface area contributed by atoms with Gasteiger partial charge in [0, 0.05) is 24.5 Å². The summed E-state index contributed by atoms with van der Waals surface area (Å²) in [5.74, 6) is 0. The van der Waals surface area contributed by atoms with E-state index in [1.165, 1.54) is 4.90 Å². The highest BCUT2D eigenvalue weighted by atomic mass is 16.4. The first-order chi connectivity index (χ1) is 5.77. The van der Waals surface area contributed by atoms with Crippen molar-refractivity contribution in [3.63, 3.8) is 0 Å². The van der Waals surface area contributed by atoms with E-state index < -0.39 is 6.09 Å². The second-order valence-electron chi connectivity index (χ2n) is 2.72. The second-order valence-corrected chi connectivity index (χ2v) is 2.72. The van der Waals surface area contributed by atoms with E-state index in [2.05, 4.69) is 4.99 Å². The molecule has 0 unspecified atom stereocenters.